The molecule has 3 fully saturated rings. The van der Waals surface area contributed by atoms with Crippen LogP contribution in [0.15, 0.2) is 113 Å². The van der Waals surface area contributed by atoms with Gasteiger partial charge in [-0.05, 0) is 184 Å². The Morgan fingerprint density at radius 2 is 1.76 bits per heavy atom. The molecular weight excluding hydrogens is 775 g/mol. The number of nitrogens with one attached hydrogen (secondary N) is 3. The number of esters is 2. The van der Waals surface area contributed by atoms with Crippen molar-refractivity contribution in [2.45, 2.75) is 89.8 Å². The zero-order chi connectivity index (χ0) is 42.8. The van der Waals surface area contributed by atoms with Crippen LogP contribution in [0.5, 0.6) is 5.75 Å². The van der Waals surface area contributed by atoms with Gasteiger partial charge in [-0.15, -0.1) is 0 Å². The molecule has 1 saturated carbocycles. The lowest BCUT2D eigenvalue weighted by Crippen LogP contribution is -2.59. The SMILES string of the molecule is CCC(C=C1OC(=O)C2=C3c4cc(O)ccc4-c4cccc(c4)C(NC)CCC45CCC6=C(C(=O)OC6=CCC(CO)C6CCNC(NC)C6)C4C12CCC35)Cc1ccccc1. The highest BCUT2D eigenvalue weighted by atomic mass is 16.6. The van der Waals surface area contributed by atoms with Gasteiger partial charge in [0.25, 0.3) is 0 Å². The molecule has 5 aliphatic carbocycles. The lowest BCUT2D eigenvalue weighted by atomic mass is 9.37. The van der Waals surface area contributed by atoms with Crippen LogP contribution in [-0.4, -0.2) is 55.6 Å². The molecule has 9 unspecified atom stereocenters. The predicted molar refractivity (Wildman–Crippen MR) is 240 cm³/mol. The van der Waals surface area contributed by atoms with Gasteiger partial charge in [-0.1, -0.05) is 61.5 Å². The van der Waals surface area contributed by atoms with E-state index in [1.165, 1.54) is 11.1 Å². The first-order valence-electron chi connectivity index (χ1n) is 23.2. The maximum Gasteiger partial charge on any atom is 0.340 e. The number of carbonyl (C=O) groups excluding carboxylic acids is 2. The molecule has 324 valence electrons. The van der Waals surface area contributed by atoms with Gasteiger partial charge in [-0.25, -0.2) is 9.59 Å². The van der Waals surface area contributed by atoms with Crippen molar-refractivity contribution in [1.82, 2.24) is 16.0 Å². The molecule has 9 atom stereocenters. The maximum atomic E-state index is 15.1. The van der Waals surface area contributed by atoms with Crippen LogP contribution < -0.4 is 16.0 Å². The lowest BCUT2D eigenvalue weighted by molar-refractivity contribution is -0.136. The highest BCUT2D eigenvalue weighted by molar-refractivity contribution is 6.08. The van der Waals surface area contributed by atoms with E-state index in [9.17, 15) is 15.0 Å². The number of piperidine rings is 1. The van der Waals surface area contributed by atoms with Crippen molar-refractivity contribution >= 4 is 17.5 Å². The molecule has 11 rings (SSSR count). The van der Waals surface area contributed by atoms with Crippen LogP contribution >= 0.6 is 0 Å². The molecule has 3 heterocycles. The van der Waals surface area contributed by atoms with Gasteiger partial charge in [-0.2, -0.15) is 0 Å². The summed E-state index contributed by atoms with van der Waals surface area (Å²) < 4.78 is 13.1. The topological polar surface area (TPSA) is 129 Å². The third-order valence-corrected chi connectivity index (χ3v) is 16.4. The van der Waals surface area contributed by atoms with E-state index in [4.69, 9.17) is 9.47 Å². The molecule has 3 aliphatic heterocycles. The summed E-state index contributed by atoms with van der Waals surface area (Å²) in [7, 11) is 4.00. The summed E-state index contributed by atoms with van der Waals surface area (Å²) in [5, 5.41) is 32.5. The van der Waals surface area contributed by atoms with Crippen LogP contribution in [0.3, 0.4) is 0 Å². The number of hydrogen-bond acceptors (Lipinski definition) is 9. The van der Waals surface area contributed by atoms with Crippen molar-refractivity contribution in [1.29, 1.82) is 0 Å². The third-order valence-electron chi connectivity index (χ3n) is 16.4. The Hall–Kier alpha value is -4.80. The van der Waals surface area contributed by atoms with E-state index < -0.39 is 10.8 Å². The van der Waals surface area contributed by atoms with Crippen molar-refractivity contribution in [3.05, 3.63) is 130 Å². The Morgan fingerprint density at radius 3 is 2.55 bits per heavy atom. The van der Waals surface area contributed by atoms with E-state index in [-0.39, 0.29) is 60.2 Å². The molecule has 0 aromatic heterocycles. The van der Waals surface area contributed by atoms with E-state index in [1.807, 2.05) is 32.3 Å². The first-order valence-corrected chi connectivity index (χ1v) is 23.2. The minimum absolute atomic E-state index is 0.0427. The number of ether oxygens (including phenoxy) is 2. The highest BCUT2D eigenvalue weighted by Gasteiger charge is 2.73. The van der Waals surface area contributed by atoms with E-state index >= 15 is 4.79 Å². The Bertz CT molecular complexity index is 2400. The molecule has 8 aliphatic rings. The molecule has 2 spiro atoms. The van der Waals surface area contributed by atoms with E-state index in [1.54, 1.807) is 6.07 Å². The lowest BCUT2D eigenvalue weighted by Gasteiger charge is -2.63. The van der Waals surface area contributed by atoms with E-state index in [2.05, 4.69) is 83.6 Å². The van der Waals surface area contributed by atoms with Crippen molar-refractivity contribution < 1.29 is 29.3 Å². The first kappa shape index (κ1) is 41.2. The summed E-state index contributed by atoms with van der Waals surface area (Å²) in [6, 6.07) is 24.9. The minimum Gasteiger partial charge on any atom is -0.508 e. The Balaban J connectivity index is 1.18. The molecular formula is C53H61N3O6. The third kappa shape index (κ3) is 6.56. The molecule has 3 aromatic rings. The van der Waals surface area contributed by atoms with Crippen LogP contribution in [0, 0.1) is 40.4 Å². The average molecular weight is 836 g/mol. The minimum atomic E-state index is -0.907. The van der Waals surface area contributed by atoms with Crippen molar-refractivity contribution in [2.24, 2.45) is 40.4 Å². The van der Waals surface area contributed by atoms with Crippen molar-refractivity contribution in [3.63, 3.8) is 0 Å². The molecule has 62 heavy (non-hydrogen) atoms. The number of hydrogen-bond donors (Lipinski definition) is 5. The summed E-state index contributed by atoms with van der Waals surface area (Å²) in [6.45, 7) is 3.15. The molecule has 0 radical (unpaired) electrons. The number of phenols is 1. The first-order chi connectivity index (χ1) is 30.2. The average Bonchev–Trinajstić information content (AvgIpc) is 3.78. The zero-order valence-electron chi connectivity index (χ0n) is 36.3. The molecule has 9 heteroatoms. The van der Waals surface area contributed by atoms with Crippen LogP contribution in [0.2, 0.25) is 0 Å². The summed E-state index contributed by atoms with van der Waals surface area (Å²) in [5.41, 5.74) is 7.31. The number of allylic oxidation sites excluding steroid dienone is 5. The Labute approximate surface area is 365 Å². The summed E-state index contributed by atoms with van der Waals surface area (Å²) in [6.07, 6.45) is 13.4. The van der Waals surface area contributed by atoms with Crippen LogP contribution in [0.4, 0.5) is 0 Å². The number of cyclic esters (lactones) is 2. The van der Waals surface area contributed by atoms with E-state index in [0.29, 0.717) is 47.8 Å². The van der Waals surface area contributed by atoms with Gasteiger partial charge < -0.3 is 35.6 Å². The van der Waals surface area contributed by atoms with E-state index in [0.717, 1.165) is 85.7 Å². The number of phenolic OH excluding ortho intramolecular Hbond substituents is 1. The second-order valence-electron chi connectivity index (χ2n) is 19.1. The Morgan fingerprint density at radius 1 is 0.903 bits per heavy atom. The zero-order valence-corrected chi connectivity index (χ0v) is 36.3. The number of rotatable bonds is 10. The smallest absolute Gasteiger partial charge is 0.340 e. The molecule has 2 saturated heterocycles. The number of carbonyl (C=O) groups is 2. The highest BCUT2D eigenvalue weighted by Crippen LogP contribution is 2.77. The van der Waals surface area contributed by atoms with Crippen molar-refractivity contribution in [2.75, 3.05) is 27.2 Å². The number of benzene rings is 3. The fourth-order valence-corrected chi connectivity index (χ4v) is 13.4. The summed E-state index contributed by atoms with van der Waals surface area (Å²) in [4.78, 5) is 30.0. The Kier molecular flexibility index (Phi) is 10.9. The maximum absolute atomic E-state index is 15.1. The predicted octanol–water partition coefficient (Wildman–Crippen LogP) is 8.66. The van der Waals surface area contributed by atoms with Gasteiger partial charge in [0.1, 0.15) is 17.3 Å². The summed E-state index contributed by atoms with van der Waals surface area (Å²) in [5.74, 6) is 0.869. The van der Waals surface area contributed by atoms with Gasteiger partial charge in [0.15, 0.2) is 0 Å². The molecule has 3 aromatic carbocycles. The van der Waals surface area contributed by atoms with Gasteiger partial charge in [0.05, 0.1) is 17.2 Å². The van der Waals surface area contributed by atoms with Crippen LogP contribution in [-0.2, 0) is 25.5 Å². The number of aliphatic hydroxyl groups excluding tert-OH is 1. The van der Waals surface area contributed by atoms with Crippen LogP contribution in [0.25, 0.3) is 16.7 Å². The van der Waals surface area contributed by atoms with Gasteiger partial charge in [0, 0.05) is 29.7 Å². The second-order valence-corrected chi connectivity index (χ2v) is 19.1. The number of fused-ring (bicyclic) bond motifs is 5. The quantitative estimate of drug-likeness (QED) is 0.128. The van der Waals surface area contributed by atoms with Crippen LogP contribution in [0.1, 0.15) is 93.9 Å². The monoisotopic (exact) mass is 835 g/mol. The van der Waals surface area contributed by atoms with Gasteiger partial charge in [0.2, 0.25) is 0 Å². The molecule has 9 nitrogen and oxygen atoms in total. The summed E-state index contributed by atoms with van der Waals surface area (Å²) >= 11 is 0. The second kappa shape index (κ2) is 16.4. The standard InChI is InChI=1S/C53H61N3O6/c1-4-31(25-32-9-6-5-7-10-32)26-44-53-23-18-41-46(48(53)51(60)62-44)40-29-37(58)14-15-38(40)34-11-8-12-35(27-34)42(54-2)19-22-52(41)21-17-39-43(61-50(59)47(39)49(52)53)16-13-36(30-57)33-20-24-56-45(28-33)55-3/h5-12,14-16,26-27,29,31,33,36,41-42,45,49,54-58H,4,13,17-25,28,30H2,1-3H3. The fraction of sp³-hybridized carbons (Fsp3) is 0.472. The fourth-order valence-electron chi connectivity index (χ4n) is 13.4. The van der Waals surface area contributed by atoms with Crippen molar-refractivity contribution in [3.8, 4) is 16.9 Å². The normalized spacial score (nSPS) is 32.1. The molecule has 5 N–H and O–H groups in total. The van der Waals surface area contributed by atoms with Gasteiger partial charge >= 0.3 is 11.9 Å². The van der Waals surface area contributed by atoms with Gasteiger partial charge in [-0.3, -0.25) is 0 Å². The number of aliphatic hydroxyl groups is 1. The molecule has 6 bridgehead atoms. The largest absolute Gasteiger partial charge is 0.508 e. The molecule has 0 amide bonds. The number of aromatic hydroxyl groups is 1.